The molecule has 0 spiro atoms. The molecule has 2 aliphatic carbocycles. The van der Waals surface area contributed by atoms with Crippen LogP contribution in [0.4, 0.5) is 0 Å². The van der Waals surface area contributed by atoms with Crippen LogP contribution in [-0.2, 0) is 0 Å². The molecule has 0 saturated carbocycles. The van der Waals surface area contributed by atoms with Gasteiger partial charge in [-0.05, 0) is 46.2 Å². The summed E-state index contributed by atoms with van der Waals surface area (Å²) in [5, 5.41) is 3.26. The SMILES string of the molecule is C[Si](C)(C)c1ccc2c(c1)C(C1CCCCCC(C3=CC=CC3)[Si]1)c1cc([Si](C)(C)C)ccc1-2. The van der Waals surface area contributed by atoms with Crippen molar-refractivity contribution in [3.63, 3.8) is 0 Å². The lowest BCUT2D eigenvalue weighted by atomic mass is 9.89. The lowest BCUT2D eigenvalue weighted by Crippen LogP contribution is -2.38. The van der Waals surface area contributed by atoms with Crippen LogP contribution in [0, 0.1) is 0 Å². The van der Waals surface area contributed by atoms with Crippen molar-refractivity contribution in [1.29, 1.82) is 0 Å². The van der Waals surface area contributed by atoms with Gasteiger partial charge in [-0.3, -0.25) is 0 Å². The predicted molar refractivity (Wildman–Crippen MR) is 158 cm³/mol. The molecule has 2 aromatic rings. The minimum atomic E-state index is -1.36. The first-order valence-electron chi connectivity index (χ1n) is 13.5. The molecule has 1 fully saturated rings. The standard InChI is InChI=1S/C31H42Si3/c1-33(2,3)23-16-18-25-26-19-17-24(34(4,5)6)21-28(26)31(27(25)20-23)30-15-9-7-8-14-29(32-30)22-12-10-11-13-22/h10-12,16-21,29-31H,7-9,13-15H2,1-6H3. The molecule has 3 heteroatoms. The highest BCUT2D eigenvalue weighted by Crippen LogP contribution is 2.53. The number of hydrogen-bond donors (Lipinski definition) is 0. The van der Waals surface area contributed by atoms with Crippen LogP contribution in [0.1, 0.15) is 55.6 Å². The zero-order valence-electron chi connectivity index (χ0n) is 22.2. The highest BCUT2D eigenvalue weighted by molar-refractivity contribution is 6.89. The fourth-order valence-corrected chi connectivity index (χ4v) is 10.8. The topological polar surface area (TPSA) is 0 Å². The predicted octanol–water partition coefficient (Wildman–Crippen LogP) is 8.02. The molecule has 1 heterocycles. The summed E-state index contributed by atoms with van der Waals surface area (Å²) < 4.78 is 0. The highest BCUT2D eigenvalue weighted by atomic mass is 28.3. The van der Waals surface area contributed by atoms with E-state index in [0.717, 1.165) is 20.6 Å². The van der Waals surface area contributed by atoms with Crippen LogP contribution in [0.2, 0.25) is 50.4 Å². The summed E-state index contributed by atoms with van der Waals surface area (Å²) >= 11 is 0. The van der Waals surface area contributed by atoms with Crippen LogP contribution in [0.25, 0.3) is 11.1 Å². The molecule has 0 amide bonds. The van der Waals surface area contributed by atoms with Crippen molar-refractivity contribution in [1.82, 2.24) is 0 Å². The first-order valence-corrected chi connectivity index (χ1v) is 21.7. The second-order valence-corrected chi connectivity index (χ2v) is 24.8. The van der Waals surface area contributed by atoms with Crippen molar-refractivity contribution < 1.29 is 0 Å². The number of benzene rings is 2. The minimum Gasteiger partial charge on any atom is -0.0805 e. The molecule has 2 radical (unpaired) electrons. The fraction of sp³-hybridized carbons (Fsp3) is 0.484. The van der Waals surface area contributed by atoms with Crippen molar-refractivity contribution in [3.05, 3.63) is 71.3 Å². The summed E-state index contributed by atoms with van der Waals surface area (Å²) in [6.45, 7) is 15.0. The first kappa shape index (κ1) is 24.3. The average molecular weight is 499 g/mol. The summed E-state index contributed by atoms with van der Waals surface area (Å²) in [5.41, 5.74) is 9.70. The van der Waals surface area contributed by atoms with Crippen LogP contribution in [-0.4, -0.2) is 25.7 Å². The molecular weight excluding hydrogens is 457 g/mol. The van der Waals surface area contributed by atoms with E-state index in [1.807, 2.05) is 0 Å². The molecule has 0 bridgehead atoms. The second kappa shape index (κ2) is 9.22. The van der Waals surface area contributed by atoms with Crippen molar-refractivity contribution in [2.24, 2.45) is 0 Å². The van der Waals surface area contributed by atoms with Gasteiger partial charge in [0, 0.05) is 5.92 Å². The molecular formula is C31H42Si3. The second-order valence-electron chi connectivity index (χ2n) is 12.9. The van der Waals surface area contributed by atoms with E-state index in [0.29, 0.717) is 5.92 Å². The van der Waals surface area contributed by atoms with E-state index >= 15 is 0 Å². The zero-order valence-corrected chi connectivity index (χ0v) is 25.2. The van der Waals surface area contributed by atoms with Gasteiger partial charge in [-0.2, -0.15) is 0 Å². The number of hydrogen-bond acceptors (Lipinski definition) is 0. The lowest BCUT2D eigenvalue weighted by Gasteiger charge is -2.32. The van der Waals surface area contributed by atoms with Gasteiger partial charge in [0.15, 0.2) is 0 Å². The van der Waals surface area contributed by atoms with Crippen molar-refractivity contribution in [2.75, 3.05) is 0 Å². The normalized spacial score (nSPS) is 23.3. The molecule has 3 aliphatic rings. The number of fused-ring (bicyclic) bond motifs is 3. The monoisotopic (exact) mass is 498 g/mol. The third-order valence-electron chi connectivity index (χ3n) is 8.37. The molecule has 0 nitrogen and oxygen atoms in total. The summed E-state index contributed by atoms with van der Waals surface area (Å²) in [5.74, 6) is 0.589. The Morgan fingerprint density at radius 3 is 1.85 bits per heavy atom. The molecule has 5 rings (SSSR count). The summed E-state index contributed by atoms with van der Waals surface area (Å²) in [4.78, 5) is 0. The van der Waals surface area contributed by atoms with Gasteiger partial charge >= 0.3 is 0 Å². The maximum Gasteiger partial charge on any atom is 0.0776 e. The average Bonchev–Trinajstić information content (AvgIpc) is 3.38. The van der Waals surface area contributed by atoms with Gasteiger partial charge in [0.05, 0.1) is 25.7 Å². The summed E-state index contributed by atoms with van der Waals surface area (Å²) in [6.07, 6.45) is 15.3. The Balaban J connectivity index is 1.62. The largest absolute Gasteiger partial charge is 0.0805 e. The van der Waals surface area contributed by atoms with Crippen molar-refractivity contribution in [3.8, 4) is 11.1 Å². The Kier molecular flexibility index (Phi) is 6.58. The van der Waals surface area contributed by atoms with E-state index in [9.17, 15) is 0 Å². The smallest absolute Gasteiger partial charge is 0.0776 e. The van der Waals surface area contributed by atoms with Gasteiger partial charge in [-0.25, -0.2) is 0 Å². The third kappa shape index (κ3) is 4.68. The molecule has 1 aliphatic heterocycles. The van der Waals surface area contributed by atoms with Gasteiger partial charge in [0.2, 0.25) is 0 Å². The zero-order chi connectivity index (χ0) is 24.1. The Labute approximate surface area is 212 Å². The summed E-state index contributed by atoms with van der Waals surface area (Å²) in [7, 11) is -1.67. The lowest BCUT2D eigenvalue weighted by molar-refractivity contribution is 0.542. The maximum atomic E-state index is 2.66. The Bertz CT molecular complexity index is 1060. The van der Waals surface area contributed by atoms with E-state index in [2.05, 4.69) is 93.9 Å². The van der Waals surface area contributed by atoms with Gasteiger partial charge in [-0.1, -0.05) is 136 Å². The van der Waals surface area contributed by atoms with Gasteiger partial charge < -0.3 is 0 Å². The maximum absolute atomic E-state index is 2.66. The number of allylic oxidation sites excluding steroid dienone is 4. The molecule has 1 saturated heterocycles. The van der Waals surface area contributed by atoms with Gasteiger partial charge in [0.25, 0.3) is 0 Å². The van der Waals surface area contributed by atoms with E-state index in [-0.39, 0.29) is 0 Å². The molecule has 2 atom stereocenters. The molecule has 34 heavy (non-hydrogen) atoms. The van der Waals surface area contributed by atoms with Gasteiger partial charge in [-0.15, -0.1) is 0 Å². The molecule has 0 aromatic heterocycles. The van der Waals surface area contributed by atoms with Crippen LogP contribution >= 0.6 is 0 Å². The van der Waals surface area contributed by atoms with E-state index in [4.69, 9.17) is 0 Å². The van der Waals surface area contributed by atoms with Crippen LogP contribution in [0.5, 0.6) is 0 Å². The van der Waals surface area contributed by atoms with Crippen molar-refractivity contribution >= 4 is 36.0 Å². The highest BCUT2D eigenvalue weighted by Gasteiger charge is 2.38. The number of rotatable bonds is 4. The summed E-state index contributed by atoms with van der Waals surface area (Å²) in [6, 6.07) is 15.2. The van der Waals surface area contributed by atoms with Crippen LogP contribution in [0.3, 0.4) is 0 Å². The molecule has 2 aromatic carbocycles. The Morgan fingerprint density at radius 2 is 1.32 bits per heavy atom. The van der Waals surface area contributed by atoms with E-state index in [1.165, 1.54) is 49.7 Å². The van der Waals surface area contributed by atoms with Crippen LogP contribution < -0.4 is 10.4 Å². The quantitative estimate of drug-likeness (QED) is 0.374. The van der Waals surface area contributed by atoms with Crippen molar-refractivity contribution in [2.45, 2.75) is 94.8 Å². The van der Waals surface area contributed by atoms with Crippen LogP contribution in [0.15, 0.2) is 60.2 Å². The van der Waals surface area contributed by atoms with E-state index < -0.39 is 16.1 Å². The first-order chi connectivity index (χ1) is 16.1. The third-order valence-corrected chi connectivity index (χ3v) is 14.6. The Morgan fingerprint density at radius 1 is 0.735 bits per heavy atom. The molecule has 0 N–H and O–H groups in total. The fourth-order valence-electron chi connectivity index (χ4n) is 6.26. The van der Waals surface area contributed by atoms with Gasteiger partial charge in [0.1, 0.15) is 0 Å². The van der Waals surface area contributed by atoms with E-state index in [1.54, 1.807) is 27.1 Å². The molecule has 178 valence electrons. The Hall–Kier alpha value is -1.43. The molecule has 2 unspecified atom stereocenters. The minimum absolute atomic E-state index is 0.589.